The lowest BCUT2D eigenvalue weighted by Gasteiger charge is -2.16. The number of hydrogen-bond acceptors (Lipinski definition) is 3. The first-order chi connectivity index (χ1) is 8.06. The van der Waals surface area contributed by atoms with Crippen molar-refractivity contribution in [3.63, 3.8) is 0 Å². The van der Waals surface area contributed by atoms with Gasteiger partial charge in [-0.3, -0.25) is 0 Å². The van der Waals surface area contributed by atoms with Crippen molar-refractivity contribution < 1.29 is 9.90 Å². The summed E-state index contributed by atoms with van der Waals surface area (Å²) in [6.45, 7) is 2.90. The third-order valence-electron chi connectivity index (χ3n) is 3.32. The predicted molar refractivity (Wildman–Crippen MR) is 72.1 cm³/mol. The Bertz CT molecular complexity index is 441. The van der Waals surface area contributed by atoms with Gasteiger partial charge < -0.3 is 10.4 Å². The summed E-state index contributed by atoms with van der Waals surface area (Å²) in [5.74, 6) is -0.873. The van der Waals surface area contributed by atoms with Gasteiger partial charge in [0, 0.05) is 17.0 Å². The van der Waals surface area contributed by atoms with Gasteiger partial charge in [-0.1, -0.05) is 0 Å². The van der Waals surface area contributed by atoms with Crippen molar-refractivity contribution >= 4 is 23.4 Å². The molecule has 4 heteroatoms. The van der Waals surface area contributed by atoms with Crippen LogP contribution in [0.5, 0.6) is 0 Å². The van der Waals surface area contributed by atoms with Gasteiger partial charge in [0.1, 0.15) is 0 Å². The van der Waals surface area contributed by atoms with E-state index in [0.717, 1.165) is 17.8 Å². The summed E-state index contributed by atoms with van der Waals surface area (Å²) >= 11 is 1.91. The molecule has 0 saturated heterocycles. The molecule has 0 atom stereocenters. The van der Waals surface area contributed by atoms with Crippen molar-refractivity contribution in [1.29, 1.82) is 0 Å². The van der Waals surface area contributed by atoms with Gasteiger partial charge in [-0.25, -0.2) is 4.79 Å². The van der Waals surface area contributed by atoms with Crippen LogP contribution in [-0.4, -0.2) is 28.6 Å². The highest BCUT2D eigenvalue weighted by molar-refractivity contribution is 8.00. The molecular formula is C13H17NO2S. The molecule has 1 aromatic rings. The van der Waals surface area contributed by atoms with E-state index in [1.54, 1.807) is 12.1 Å². The summed E-state index contributed by atoms with van der Waals surface area (Å²) in [6.07, 6.45) is 4.69. The number of benzene rings is 1. The number of thioether (sulfide) groups is 1. The average Bonchev–Trinajstić information content (AvgIpc) is 3.08. The van der Waals surface area contributed by atoms with E-state index in [9.17, 15) is 4.79 Å². The van der Waals surface area contributed by atoms with Crippen LogP contribution < -0.4 is 5.32 Å². The molecule has 1 aliphatic rings. The quantitative estimate of drug-likeness (QED) is 0.844. The van der Waals surface area contributed by atoms with Crippen molar-refractivity contribution in [2.45, 2.75) is 24.5 Å². The standard InChI is InChI=1S/C13H17NO2S/c1-9-7-10(12(15)16)3-4-11(9)14-8-13(17-2)5-6-13/h3-4,7,14H,5-6,8H2,1-2H3,(H,15,16). The maximum atomic E-state index is 10.8. The molecule has 92 valence electrons. The van der Waals surface area contributed by atoms with Crippen molar-refractivity contribution in [2.24, 2.45) is 0 Å². The largest absolute Gasteiger partial charge is 0.478 e. The highest BCUT2D eigenvalue weighted by Gasteiger charge is 2.41. The Balaban J connectivity index is 2.04. The van der Waals surface area contributed by atoms with Crippen LogP contribution >= 0.6 is 11.8 Å². The molecule has 0 amide bonds. The Morgan fingerprint density at radius 2 is 2.24 bits per heavy atom. The van der Waals surface area contributed by atoms with Crippen molar-refractivity contribution in [1.82, 2.24) is 0 Å². The topological polar surface area (TPSA) is 49.3 Å². The van der Waals surface area contributed by atoms with E-state index >= 15 is 0 Å². The number of aromatic carboxylic acids is 1. The maximum absolute atomic E-state index is 10.8. The molecule has 1 aliphatic carbocycles. The summed E-state index contributed by atoms with van der Waals surface area (Å²) in [7, 11) is 0. The molecule has 0 unspecified atom stereocenters. The number of hydrogen-bond donors (Lipinski definition) is 2. The maximum Gasteiger partial charge on any atom is 0.335 e. The average molecular weight is 251 g/mol. The van der Waals surface area contributed by atoms with E-state index in [0.29, 0.717) is 10.3 Å². The zero-order chi connectivity index (χ0) is 12.5. The normalized spacial score (nSPS) is 16.6. The minimum Gasteiger partial charge on any atom is -0.478 e. The van der Waals surface area contributed by atoms with Gasteiger partial charge in [0.05, 0.1) is 5.56 Å². The summed E-state index contributed by atoms with van der Waals surface area (Å²) in [4.78, 5) is 10.8. The van der Waals surface area contributed by atoms with Gasteiger partial charge in [-0.15, -0.1) is 0 Å². The van der Waals surface area contributed by atoms with Crippen molar-refractivity contribution in [3.8, 4) is 0 Å². The molecule has 0 aliphatic heterocycles. The molecule has 2 rings (SSSR count). The molecule has 0 bridgehead atoms. The molecule has 17 heavy (non-hydrogen) atoms. The second-order valence-electron chi connectivity index (χ2n) is 4.58. The summed E-state index contributed by atoms with van der Waals surface area (Å²) in [6, 6.07) is 5.22. The van der Waals surface area contributed by atoms with E-state index in [1.165, 1.54) is 12.8 Å². The second kappa shape index (κ2) is 4.61. The first-order valence-electron chi connectivity index (χ1n) is 5.69. The first-order valence-corrected chi connectivity index (χ1v) is 6.92. The summed E-state index contributed by atoms with van der Waals surface area (Å²) in [5.41, 5.74) is 2.37. The van der Waals surface area contributed by atoms with E-state index in [-0.39, 0.29) is 0 Å². The molecule has 0 heterocycles. The monoisotopic (exact) mass is 251 g/mol. The minimum absolute atomic E-state index is 0.346. The fourth-order valence-electron chi connectivity index (χ4n) is 1.84. The lowest BCUT2D eigenvalue weighted by molar-refractivity contribution is 0.0697. The van der Waals surface area contributed by atoms with Crippen LogP contribution in [-0.2, 0) is 0 Å². The Morgan fingerprint density at radius 1 is 1.53 bits per heavy atom. The van der Waals surface area contributed by atoms with Gasteiger partial charge in [0.15, 0.2) is 0 Å². The van der Waals surface area contributed by atoms with E-state index in [4.69, 9.17) is 5.11 Å². The third-order valence-corrected chi connectivity index (χ3v) is 4.73. The fourth-order valence-corrected chi connectivity index (χ4v) is 2.57. The highest BCUT2D eigenvalue weighted by Crippen LogP contribution is 2.47. The smallest absolute Gasteiger partial charge is 0.335 e. The van der Waals surface area contributed by atoms with Gasteiger partial charge in [0.25, 0.3) is 0 Å². The Hall–Kier alpha value is -1.16. The van der Waals surface area contributed by atoms with Crippen LogP contribution in [0.1, 0.15) is 28.8 Å². The minimum atomic E-state index is -0.873. The van der Waals surface area contributed by atoms with Gasteiger partial charge in [-0.05, 0) is 49.8 Å². The number of carboxylic acid groups (broad SMARTS) is 1. The van der Waals surface area contributed by atoms with Crippen LogP contribution in [0, 0.1) is 6.92 Å². The SMILES string of the molecule is CSC1(CNc2ccc(C(=O)O)cc2C)CC1. The van der Waals surface area contributed by atoms with Crippen molar-refractivity contribution in [2.75, 3.05) is 18.1 Å². The van der Waals surface area contributed by atoms with Gasteiger partial charge >= 0.3 is 5.97 Å². The number of aryl methyl sites for hydroxylation is 1. The Kier molecular flexibility index (Phi) is 3.33. The molecule has 1 saturated carbocycles. The Labute approximate surface area is 106 Å². The molecule has 0 aromatic heterocycles. The van der Waals surface area contributed by atoms with Crippen LogP contribution in [0.15, 0.2) is 18.2 Å². The number of carbonyl (C=O) groups is 1. The third kappa shape index (κ3) is 2.75. The molecule has 3 nitrogen and oxygen atoms in total. The zero-order valence-electron chi connectivity index (χ0n) is 10.1. The van der Waals surface area contributed by atoms with Gasteiger partial charge in [0.2, 0.25) is 0 Å². The molecule has 0 spiro atoms. The zero-order valence-corrected chi connectivity index (χ0v) is 10.9. The molecular weight excluding hydrogens is 234 g/mol. The second-order valence-corrected chi connectivity index (χ2v) is 5.85. The number of carboxylic acids is 1. The Morgan fingerprint density at radius 3 is 2.71 bits per heavy atom. The van der Waals surface area contributed by atoms with Crippen LogP contribution in [0.4, 0.5) is 5.69 Å². The van der Waals surface area contributed by atoms with Crippen LogP contribution in [0.2, 0.25) is 0 Å². The summed E-state index contributed by atoms with van der Waals surface area (Å²) in [5, 5.41) is 12.3. The molecule has 2 N–H and O–H groups in total. The van der Waals surface area contributed by atoms with E-state index < -0.39 is 5.97 Å². The van der Waals surface area contributed by atoms with E-state index in [1.807, 2.05) is 24.8 Å². The summed E-state index contributed by atoms with van der Waals surface area (Å²) < 4.78 is 0.415. The number of nitrogens with one attached hydrogen (secondary N) is 1. The lowest BCUT2D eigenvalue weighted by atomic mass is 10.1. The van der Waals surface area contributed by atoms with Crippen molar-refractivity contribution in [3.05, 3.63) is 29.3 Å². The number of anilines is 1. The molecule has 0 radical (unpaired) electrons. The van der Waals surface area contributed by atoms with Crippen LogP contribution in [0.25, 0.3) is 0 Å². The highest BCUT2D eigenvalue weighted by atomic mass is 32.2. The molecule has 1 fully saturated rings. The lowest BCUT2D eigenvalue weighted by Crippen LogP contribution is -2.18. The number of rotatable bonds is 5. The fraction of sp³-hybridized carbons (Fsp3) is 0.462. The predicted octanol–water partition coefficient (Wildman–Crippen LogP) is 3.00. The molecule has 1 aromatic carbocycles. The van der Waals surface area contributed by atoms with E-state index in [2.05, 4.69) is 11.6 Å². The van der Waals surface area contributed by atoms with Gasteiger partial charge in [-0.2, -0.15) is 11.8 Å². The first kappa shape index (κ1) is 12.3. The van der Waals surface area contributed by atoms with Crippen LogP contribution in [0.3, 0.4) is 0 Å².